The zero-order valence-electron chi connectivity index (χ0n) is 14.6. The first-order valence-electron chi connectivity index (χ1n) is 9.29. The van der Waals surface area contributed by atoms with E-state index in [1.807, 2.05) is 4.90 Å². The van der Waals surface area contributed by atoms with Crippen molar-refractivity contribution in [2.75, 3.05) is 13.1 Å². The molecule has 3 fully saturated rings. The van der Waals surface area contributed by atoms with Gasteiger partial charge in [0, 0.05) is 48.1 Å². The molecule has 3 amide bonds. The third-order valence-corrected chi connectivity index (χ3v) is 5.76. The first kappa shape index (κ1) is 17.6. The molecule has 1 saturated heterocycles. The number of hydrogen-bond acceptors (Lipinski definition) is 2. The van der Waals surface area contributed by atoms with Crippen molar-refractivity contribution in [2.45, 2.75) is 50.7 Å². The molecule has 2 saturated carbocycles. The molecule has 7 heteroatoms. The van der Waals surface area contributed by atoms with E-state index in [0.29, 0.717) is 29.6 Å². The maximum absolute atomic E-state index is 14.1. The van der Waals surface area contributed by atoms with Crippen LogP contribution in [0.25, 0.3) is 0 Å². The molecule has 3 aliphatic rings. The van der Waals surface area contributed by atoms with Crippen molar-refractivity contribution in [3.63, 3.8) is 0 Å². The first-order valence-corrected chi connectivity index (χ1v) is 9.67. The van der Waals surface area contributed by atoms with Gasteiger partial charge in [-0.05, 0) is 37.8 Å². The zero-order chi connectivity index (χ0) is 18.3. The second-order valence-corrected chi connectivity index (χ2v) is 8.00. The predicted octanol–water partition coefficient (Wildman–Crippen LogP) is 3.16. The van der Waals surface area contributed by atoms with E-state index < -0.39 is 5.82 Å². The average Bonchev–Trinajstić information content (AvgIpc) is 3.51. The Kier molecular flexibility index (Phi) is 4.78. The molecule has 0 aromatic heterocycles. The third kappa shape index (κ3) is 3.80. The summed E-state index contributed by atoms with van der Waals surface area (Å²) in [6.45, 7) is 1.37. The molecule has 1 unspecified atom stereocenters. The summed E-state index contributed by atoms with van der Waals surface area (Å²) < 4.78 is 14.1. The zero-order valence-corrected chi connectivity index (χ0v) is 15.3. The summed E-state index contributed by atoms with van der Waals surface area (Å²) in [6, 6.07) is 4.92. The van der Waals surface area contributed by atoms with E-state index in [1.54, 1.807) is 17.0 Å². The summed E-state index contributed by atoms with van der Waals surface area (Å²) in [5.74, 6) is -0.0356. The lowest BCUT2D eigenvalue weighted by molar-refractivity contribution is -0.128. The Morgan fingerprint density at radius 3 is 2.73 bits per heavy atom. The summed E-state index contributed by atoms with van der Waals surface area (Å²) in [5, 5.41) is 3.29. The number of likely N-dealkylation sites (tertiary alicyclic amines) is 1. The van der Waals surface area contributed by atoms with Crippen molar-refractivity contribution < 1.29 is 14.0 Å². The Hall–Kier alpha value is -1.82. The molecule has 0 radical (unpaired) electrons. The second-order valence-electron chi connectivity index (χ2n) is 7.59. The maximum atomic E-state index is 14.1. The van der Waals surface area contributed by atoms with E-state index in [-0.39, 0.29) is 30.4 Å². The highest BCUT2D eigenvalue weighted by Gasteiger charge is 2.40. The van der Waals surface area contributed by atoms with Gasteiger partial charge in [-0.25, -0.2) is 9.18 Å². The van der Waals surface area contributed by atoms with Crippen LogP contribution in [-0.2, 0) is 11.3 Å². The number of urea groups is 1. The number of carbonyl (C=O) groups excluding carboxylic acids is 2. The molecule has 5 nitrogen and oxygen atoms in total. The van der Waals surface area contributed by atoms with Gasteiger partial charge in [0.1, 0.15) is 5.82 Å². The van der Waals surface area contributed by atoms with Crippen LogP contribution in [-0.4, -0.2) is 46.9 Å². The summed E-state index contributed by atoms with van der Waals surface area (Å²) >= 11 is 6.11. The van der Waals surface area contributed by atoms with E-state index >= 15 is 0 Å². The van der Waals surface area contributed by atoms with Crippen LogP contribution in [0.15, 0.2) is 18.2 Å². The Labute approximate surface area is 157 Å². The van der Waals surface area contributed by atoms with Crippen LogP contribution in [0.1, 0.15) is 37.7 Å². The summed E-state index contributed by atoms with van der Waals surface area (Å²) in [7, 11) is 0. The highest BCUT2D eigenvalue weighted by atomic mass is 35.5. The minimum atomic E-state index is -0.391. The Morgan fingerprint density at radius 2 is 2.08 bits per heavy atom. The summed E-state index contributed by atoms with van der Waals surface area (Å²) in [6.07, 6.45) is 4.56. The molecule has 4 rings (SSSR count). The van der Waals surface area contributed by atoms with E-state index in [0.717, 1.165) is 32.2 Å². The normalized spacial score (nSPS) is 22.6. The van der Waals surface area contributed by atoms with Crippen LogP contribution in [0.5, 0.6) is 0 Å². The van der Waals surface area contributed by atoms with Crippen molar-refractivity contribution >= 4 is 23.5 Å². The molecule has 1 aromatic rings. The smallest absolute Gasteiger partial charge is 0.317 e. The first-order chi connectivity index (χ1) is 12.5. The van der Waals surface area contributed by atoms with Gasteiger partial charge in [-0.15, -0.1) is 0 Å². The van der Waals surface area contributed by atoms with Gasteiger partial charge in [0.05, 0.1) is 6.54 Å². The average molecular weight is 380 g/mol. The molecule has 1 N–H and O–H groups in total. The van der Waals surface area contributed by atoms with Crippen molar-refractivity contribution in [3.05, 3.63) is 34.6 Å². The standard InChI is InChI=1S/C19H23ClFN3O2/c20-16-2-1-3-17(21)15(16)11-24(14-6-7-14)19(26)22-9-12-8-18(25)23(10-12)13-4-5-13/h1-3,12-14H,4-11H2,(H,22,26). The number of hydrogen-bond donors (Lipinski definition) is 1. The Morgan fingerprint density at radius 1 is 1.31 bits per heavy atom. The van der Waals surface area contributed by atoms with Gasteiger partial charge in [0.15, 0.2) is 0 Å². The molecular formula is C19H23ClFN3O2. The molecule has 2 aliphatic carbocycles. The monoisotopic (exact) mass is 379 g/mol. The molecule has 0 spiro atoms. The van der Waals surface area contributed by atoms with Gasteiger partial charge >= 0.3 is 6.03 Å². The SMILES string of the molecule is O=C1CC(CNC(=O)N(Cc2c(F)cccc2Cl)C2CC2)CN1C1CC1. The predicted molar refractivity (Wildman–Crippen MR) is 96.2 cm³/mol. The molecular weight excluding hydrogens is 357 g/mol. The van der Waals surface area contributed by atoms with E-state index in [1.165, 1.54) is 6.07 Å². The lowest BCUT2D eigenvalue weighted by Crippen LogP contribution is -2.43. The minimum Gasteiger partial charge on any atom is -0.339 e. The van der Waals surface area contributed by atoms with Crippen molar-refractivity contribution in [1.82, 2.24) is 15.1 Å². The number of rotatable bonds is 6. The highest BCUT2D eigenvalue weighted by molar-refractivity contribution is 6.31. The maximum Gasteiger partial charge on any atom is 0.317 e. The number of nitrogens with zero attached hydrogens (tertiary/aromatic N) is 2. The van der Waals surface area contributed by atoms with Crippen LogP contribution in [0.3, 0.4) is 0 Å². The van der Waals surface area contributed by atoms with E-state index in [2.05, 4.69) is 5.32 Å². The fraction of sp³-hybridized carbons (Fsp3) is 0.579. The lowest BCUT2D eigenvalue weighted by Gasteiger charge is -2.24. The van der Waals surface area contributed by atoms with Crippen LogP contribution in [0.4, 0.5) is 9.18 Å². The van der Waals surface area contributed by atoms with Crippen molar-refractivity contribution in [2.24, 2.45) is 5.92 Å². The number of nitrogens with one attached hydrogen (secondary N) is 1. The molecule has 0 bridgehead atoms. The fourth-order valence-electron chi connectivity index (χ4n) is 3.62. The van der Waals surface area contributed by atoms with Gasteiger partial charge in [-0.1, -0.05) is 17.7 Å². The fourth-order valence-corrected chi connectivity index (χ4v) is 3.85. The molecule has 1 aliphatic heterocycles. The van der Waals surface area contributed by atoms with Crippen molar-refractivity contribution in [3.8, 4) is 0 Å². The quantitative estimate of drug-likeness (QED) is 0.825. The Balaban J connectivity index is 1.35. The molecule has 1 atom stereocenters. The van der Waals surface area contributed by atoms with Gasteiger partial charge in [-0.2, -0.15) is 0 Å². The number of benzene rings is 1. The number of halogens is 2. The van der Waals surface area contributed by atoms with E-state index in [4.69, 9.17) is 11.6 Å². The highest BCUT2D eigenvalue weighted by Crippen LogP contribution is 2.33. The second kappa shape index (κ2) is 7.06. The largest absolute Gasteiger partial charge is 0.339 e. The van der Waals surface area contributed by atoms with Crippen LogP contribution >= 0.6 is 11.6 Å². The minimum absolute atomic E-state index is 0.138. The van der Waals surface area contributed by atoms with E-state index in [9.17, 15) is 14.0 Å². The third-order valence-electron chi connectivity index (χ3n) is 5.41. The van der Waals surface area contributed by atoms with Crippen LogP contribution in [0.2, 0.25) is 5.02 Å². The van der Waals surface area contributed by atoms with Gasteiger partial charge < -0.3 is 15.1 Å². The topological polar surface area (TPSA) is 52.7 Å². The van der Waals surface area contributed by atoms with Crippen molar-refractivity contribution in [1.29, 1.82) is 0 Å². The Bertz CT molecular complexity index is 700. The number of amides is 3. The summed E-state index contributed by atoms with van der Waals surface area (Å²) in [5.41, 5.74) is 0.354. The molecule has 26 heavy (non-hydrogen) atoms. The van der Waals surface area contributed by atoms with Gasteiger partial charge in [0.25, 0.3) is 0 Å². The summed E-state index contributed by atoms with van der Waals surface area (Å²) in [4.78, 5) is 28.3. The molecule has 1 aromatic carbocycles. The van der Waals surface area contributed by atoms with Crippen LogP contribution in [0, 0.1) is 11.7 Å². The van der Waals surface area contributed by atoms with Crippen LogP contribution < -0.4 is 5.32 Å². The van der Waals surface area contributed by atoms with Gasteiger partial charge in [-0.3, -0.25) is 4.79 Å². The molecule has 1 heterocycles. The number of carbonyl (C=O) groups is 2. The van der Waals surface area contributed by atoms with Gasteiger partial charge in [0.2, 0.25) is 5.91 Å². The molecule has 140 valence electrons. The lowest BCUT2D eigenvalue weighted by atomic mass is 10.1.